The van der Waals surface area contributed by atoms with Crippen molar-refractivity contribution in [1.29, 1.82) is 0 Å². The average Bonchev–Trinajstić information content (AvgIpc) is 2.40. The van der Waals surface area contributed by atoms with Gasteiger partial charge in [0.1, 0.15) is 0 Å². The van der Waals surface area contributed by atoms with Crippen molar-refractivity contribution in [2.45, 2.75) is 52.5 Å². The van der Waals surface area contributed by atoms with Gasteiger partial charge in [-0.25, -0.2) is 8.42 Å². The number of unbranched alkanes of at least 4 members (excludes halogenated alkanes) is 1. The second-order valence-electron chi connectivity index (χ2n) is 5.68. The minimum atomic E-state index is -3.24. The third-order valence-corrected chi connectivity index (χ3v) is 4.53. The predicted molar refractivity (Wildman–Crippen MR) is 90.2 cm³/mol. The molecule has 120 valence electrons. The molecule has 4 nitrogen and oxygen atoms in total. The van der Waals surface area contributed by atoms with Gasteiger partial charge in [0, 0.05) is 11.7 Å². The molecule has 0 aliphatic carbocycles. The van der Waals surface area contributed by atoms with E-state index < -0.39 is 10.0 Å². The van der Waals surface area contributed by atoms with Gasteiger partial charge >= 0.3 is 0 Å². The van der Waals surface area contributed by atoms with E-state index in [1.807, 2.05) is 24.3 Å². The van der Waals surface area contributed by atoms with E-state index in [1.54, 1.807) is 0 Å². The minimum absolute atomic E-state index is 0.170. The topological polar surface area (TPSA) is 58.2 Å². The van der Waals surface area contributed by atoms with Crippen molar-refractivity contribution in [3.63, 3.8) is 0 Å². The molecule has 21 heavy (non-hydrogen) atoms. The van der Waals surface area contributed by atoms with Crippen LogP contribution in [0.3, 0.4) is 0 Å². The number of hydrogen-bond acceptors (Lipinski definition) is 3. The third kappa shape index (κ3) is 8.07. The van der Waals surface area contributed by atoms with Crippen LogP contribution < -0.4 is 10.0 Å². The SMILES string of the molecule is CCCc1ccc(NS(=O)(=O)CCCCNC(C)C)cc1. The molecule has 0 spiro atoms. The van der Waals surface area contributed by atoms with Crippen LogP contribution >= 0.6 is 0 Å². The van der Waals surface area contributed by atoms with E-state index in [2.05, 4.69) is 30.8 Å². The molecule has 0 amide bonds. The molecule has 1 rings (SSSR count). The zero-order valence-electron chi connectivity index (χ0n) is 13.4. The summed E-state index contributed by atoms with van der Waals surface area (Å²) in [6.45, 7) is 7.16. The Morgan fingerprint density at radius 2 is 1.76 bits per heavy atom. The number of rotatable bonds is 10. The van der Waals surface area contributed by atoms with E-state index in [9.17, 15) is 8.42 Å². The summed E-state index contributed by atoms with van der Waals surface area (Å²) < 4.78 is 26.6. The maximum Gasteiger partial charge on any atom is 0.232 e. The zero-order chi connectivity index (χ0) is 15.7. The van der Waals surface area contributed by atoms with Crippen LogP contribution in [0.2, 0.25) is 0 Å². The highest BCUT2D eigenvalue weighted by atomic mass is 32.2. The zero-order valence-corrected chi connectivity index (χ0v) is 14.2. The lowest BCUT2D eigenvalue weighted by atomic mass is 10.1. The number of hydrogen-bond donors (Lipinski definition) is 2. The Balaban J connectivity index is 2.37. The monoisotopic (exact) mass is 312 g/mol. The average molecular weight is 312 g/mol. The summed E-state index contributed by atoms with van der Waals surface area (Å²) in [5, 5.41) is 3.28. The van der Waals surface area contributed by atoms with Crippen LogP contribution in [0.1, 0.15) is 45.6 Å². The molecule has 0 bridgehead atoms. The fourth-order valence-electron chi connectivity index (χ4n) is 2.07. The first-order valence-corrected chi connectivity index (χ1v) is 9.41. The van der Waals surface area contributed by atoms with Crippen molar-refractivity contribution in [1.82, 2.24) is 5.32 Å². The van der Waals surface area contributed by atoms with E-state index in [4.69, 9.17) is 0 Å². The lowest BCUT2D eigenvalue weighted by Gasteiger charge is -2.10. The Morgan fingerprint density at radius 3 is 2.33 bits per heavy atom. The molecule has 1 aromatic carbocycles. The molecule has 0 saturated heterocycles. The van der Waals surface area contributed by atoms with Gasteiger partial charge in [-0.05, 0) is 43.5 Å². The van der Waals surface area contributed by atoms with Crippen molar-refractivity contribution in [3.8, 4) is 0 Å². The molecule has 0 aromatic heterocycles. The molecule has 1 aromatic rings. The lowest BCUT2D eigenvalue weighted by Crippen LogP contribution is -2.24. The third-order valence-electron chi connectivity index (χ3n) is 3.16. The molecule has 2 N–H and O–H groups in total. The molecule has 0 saturated carbocycles. The molecular formula is C16H28N2O2S. The second kappa shape index (κ2) is 9.05. The van der Waals surface area contributed by atoms with Crippen molar-refractivity contribution in [3.05, 3.63) is 29.8 Å². The molecule has 0 fully saturated rings. The van der Waals surface area contributed by atoms with Gasteiger partial charge in [0.2, 0.25) is 10.0 Å². The fourth-order valence-corrected chi connectivity index (χ4v) is 3.25. The summed E-state index contributed by atoms with van der Waals surface area (Å²) in [4.78, 5) is 0. The standard InChI is InChI=1S/C16H28N2O2S/c1-4-7-15-8-10-16(11-9-15)18-21(19,20)13-6-5-12-17-14(2)3/h8-11,14,17-18H,4-7,12-13H2,1-3H3. The van der Waals surface area contributed by atoms with E-state index in [0.29, 0.717) is 18.2 Å². The number of sulfonamides is 1. The van der Waals surface area contributed by atoms with Crippen LogP contribution in [0.4, 0.5) is 5.69 Å². The van der Waals surface area contributed by atoms with Gasteiger partial charge in [0.15, 0.2) is 0 Å². The van der Waals surface area contributed by atoms with E-state index >= 15 is 0 Å². The first kappa shape index (κ1) is 18.0. The predicted octanol–water partition coefficient (Wildman–Crippen LogP) is 3.16. The van der Waals surface area contributed by atoms with Crippen LogP contribution in [0.25, 0.3) is 0 Å². The van der Waals surface area contributed by atoms with Crippen LogP contribution in [-0.4, -0.2) is 26.8 Å². The molecular weight excluding hydrogens is 284 g/mol. The summed E-state index contributed by atoms with van der Waals surface area (Å²) in [5.41, 5.74) is 1.88. The summed E-state index contributed by atoms with van der Waals surface area (Å²) in [6, 6.07) is 8.08. The number of nitrogens with one attached hydrogen (secondary N) is 2. The highest BCUT2D eigenvalue weighted by molar-refractivity contribution is 7.92. The highest BCUT2D eigenvalue weighted by Gasteiger charge is 2.09. The smallest absolute Gasteiger partial charge is 0.232 e. The van der Waals surface area contributed by atoms with E-state index in [0.717, 1.165) is 25.8 Å². The summed E-state index contributed by atoms with van der Waals surface area (Å²) in [7, 11) is -3.24. The Labute approximate surface area is 129 Å². The van der Waals surface area contributed by atoms with Crippen molar-refractivity contribution >= 4 is 15.7 Å². The first-order chi connectivity index (χ1) is 9.93. The molecule has 5 heteroatoms. The van der Waals surface area contributed by atoms with Gasteiger partial charge in [0.05, 0.1) is 5.75 Å². The summed E-state index contributed by atoms with van der Waals surface area (Å²) in [5.74, 6) is 0.170. The van der Waals surface area contributed by atoms with Crippen LogP contribution in [0, 0.1) is 0 Å². The minimum Gasteiger partial charge on any atom is -0.315 e. The second-order valence-corrected chi connectivity index (χ2v) is 7.53. The van der Waals surface area contributed by atoms with E-state index in [1.165, 1.54) is 5.56 Å². The quantitative estimate of drug-likeness (QED) is 0.652. The number of benzene rings is 1. The Bertz CT molecular complexity index is 496. The Kier molecular flexibility index (Phi) is 7.75. The van der Waals surface area contributed by atoms with Crippen LogP contribution in [0.5, 0.6) is 0 Å². The largest absolute Gasteiger partial charge is 0.315 e. The molecule has 0 heterocycles. The van der Waals surface area contributed by atoms with Crippen LogP contribution in [-0.2, 0) is 16.4 Å². The first-order valence-electron chi connectivity index (χ1n) is 7.76. The Hall–Kier alpha value is -1.07. The molecule has 0 unspecified atom stereocenters. The number of anilines is 1. The summed E-state index contributed by atoms with van der Waals surface area (Å²) >= 11 is 0. The van der Waals surface area contributed by atoms with Gasteiger partial charge in [-0.1, -0.05) is 39.3 Å². The van der Waals surface area contributed by atoms with Gasteiger partial charge in [-0.15, -0.1) is 0 Å². The Morgan fingerprint density at radius 1 is 1.10 bits per heavy atom. The molecule has 0 radical (unpaired) electrons. The number of aryl methyl sites for hydroxylation is 1. The van der Waals surface area contributed by atoms with Gasteiger partial charge < -0.3 is 5.32 Å². The molecule has 0 aliphatic heterocycles. The van der Waals surface area contributed by atoms with Crippen molar-refractivity contribution in [2.75, 3.05) is 17.0 Å². The molecule has 0 atom stereocenters. The van der Waals surface area contributed by atoms with Gasteiger partial charge in [-0.2, -0.15) is 0 Å². The summed E-state index contributed by atoms with van der Waals surface area (Å²) in [6.07, 6.45) is 3.66. The van der Waals surface area contributed by atoms with Crippen molar-refractivity contribution in [2.24, 2.45) is 0 Å². The van der Waals surface area contributed by atoms with Gasteiger partial charge in [-0.3, -0.25) is 4.72 Å². The highest BCUT2D eigenvalue weighted by Crippen LogP contribution is 2.13. The van der Waals surface area contributed by atoms with Gasteiger partial charge in [0.25, 0.3) is 0 Å². The maximum absolute atomic E-state index is 12.0. The normalized spacial score (nSPS) is 11.8. The van der Waals surface area contributed by atoms with E-state index in [-0.39, 0.29) is 5.75 Å². The maximum atomic E-state index is 12.0. The van der Waals surface area contributed by atoms with Crippen molar-refractivity contribution < 1.29 is 8.42 Å². The van der Waals surface area contributed by atoms with Crippen LogP contribution in [0.15, 0.2) is 24.3 Å². The molecule has 0 aliphatic rings. The fraction of sp³-hybridized carbons (Fsp3) is 0.625. The lowest BCUT2D eigenvalue weighted by molar-refractivity contribution is 0.561.